The number of carboxylic acid groups (broad SMARTS) is 1. The molecule has 1 aliphatic heterocycles. The van der Waals surface area contributed by atoms with E-state index in [0.29, 0.717) is 32.5 Å². The number of amides is 2. The first-order chi connectivity index (χ1) is 7.05. The molecule has 2 N–H and O–H groups in total. The Morgan fingerprint density at radius 1 is 1.53 bits per heavy atom. The van der Waals surface area contributed by atoms with Crippen molar-refractivity contribution in [1.82, 2.24) is 10.2 Å². The molecule has 0 spiro atoms. The van der Waals surface area contributed by atoms with Crippen molar-refractivity contribution in [3.05, 3.63) is 0 Å². The normalized spacial score (nSPS) is 16.7. The van der Waals surface area contributed by atoms with Crippen LogP contribution in [-0.4, -0.2) is 41.6 Å². The number of aliphatic carboxylic acids is 1. The Balaban J connectivity index is 2.73. The molecule has 0 aromatic carbocycles. The number of nitrogens with zero attached hydrogens (tertiary/aromatic N) is 1. The molecule has 0 aliphatic carbocycles. The second kappa shape index (κ2) is 4.51. The largest absolute Gasteiger partial charge is 0.481 e. The highest BCUT2D eigenvalue weighted by molar-refractivity contribution is 5.79. The van der Waals surface area contributed by atoms with E-state index in [1.807, 2.05) is 13.8 Å². The maximum atomic E-state index is 11.3. The van der Waals surface area contributed by atoms with E-state index < -0.39 is 11.4 Å². The molecule has 0 bridgehead atoms. The second-order valence-corrected chi connectivity index (χ2v) is 3.95. The molecule has 0 aromatic heterocycles. The lowest BCUT2D eigenvalue weighted by atomic mass is 9.82. The highest BCUT2D eigenvalue weighted by Gasteiger charge is 2.38. The fourth-order valence-electron chi connectivity index (χ4n) is 1.87. The van der Waals surface area contributed by atoms with Gasteiger partial charge in [-0.1, -0.05) is 13.8 Å². The molecule has 86 valence electrons. The predicted molar refractivity (Wildman–Crippen MR) is 55.6 cm³/mol. The van der Waals surface area contributed by atoms with Gasteiger partial charge in [0.05, 0.1) is 5.41 Å². The highest BCUT2D eigenvalue weighted by atomic mass is 16.4. The Bertz CT molecular complexity index is 261. The summed E-state index contributed by atoms with van der Waals surface area (Å²) in [5.74, 6) is -0.813. The Hall–Kier alpha value is -1.26. The van der Waals surface area contributed by atoms with E-state index >= 15 is 0 Å². The lowest BCUT2D eigenvalue weighted by Crippen LogP contribution is -2.43. The number of nitrogens with one attached hydrogen (secondary N) is 1. The number of carboxylic acids is 1. The van der Waals surface area contributed by atoms with E-state index in [9.17, 15) is 14.7 Å². The minimum atomic E-state index is -0.813. The minimum absolute atomic E-state index is 0.150. The summed E-state index contributed by atoms with van der Waals surface area (Å²) in [5.41, 5.74) is -0.790. The summed E-state index contributed by atoms with van der Waals surface area (Å²) in [6.45, 7) is 5.23. The third-order valence-electron chi connectivity index (χ3n) is 3.25. The summed E-state index contributed by atoms with van der Waals surface area (Å²) in [5, 5.41) is 11.9. The smallest absolute Gasteiger partial charge is 0.317 e. The van der Waals surface area contributed by atoms with Gasteiger partial charge in [-0.15, -0.1) is 0 Å². The van der Waals surface area contributed by atoms with Crippen molar-refractivity contribution in [3.63, 3.8) is 0 Å². The third kappa shape index (κ3) is 2.22. The van der Waals surface area contributed by atoms with Crippen LogP contribution in [0.5, 0.6) is 0 Å². The van der Waals surface area contributed by atoms with Crippen LogP contribution in [0.3, 0.4) is 0 Å². The zero-order valence-electron chi connectivity index (χ0n) is 9.25. The quantitative estimate of drug-likeness (QED) is 0.714. The lowest BCUT2D eigenvalue weighted by Gasteiger charge is -2.30. The topological polar surface area (TPSA) is 69.6 Å². The molecular formula is C10H18N2O3. The van der Waals surface area contributed by atoms with E-state index in [2.05, 4.69) is 5.32 Å². The molecule has 1 saturated heterocycles. The summed E-state index contributed by atoms with van der Waals surface area (Å²) < 4.78 is 0. The Morgan fingerprint density at radius 3 is 2.47 bits per heavy atom. The number of carbonyl (C=O) groups excluding carboxylic acids is 1. The molecule has 1 heterocycles. The van der Waals surface area contributed by atoms with Crippen molar-refractivity contribution < 1.29 is 14.7 Å². The van der Waals surface area contributed by atoms with Gasteiger partial charge in [0.2, 0.25) is 0 Å². The van der Waals surface area contributed by atoms with E-state index in [1.165, 1.54) is 0 Å². The van der Waals surface area contributed by atoms with Crippen LogP contribution in [0.25, 0.3) is 0 Å². The molecule has 1 fully saturated rings. The van der Waals surface area contributed by atoms with E-state index in [1.54, 1.807) is 4.90 Å². The van der Waals surface area contributed by atoms with Gasteiger partial charge in [-0.3, -0.25) is 4.79 Å². The molecule has 2 amide bonds. The van der Waals surface area contributed by atoms with Gasteiger partial charge in [0, 0.05) is 19.6 Å². The van der Waals surface area contributed by atoms with Gasteiger partial charge in [0.15, 0.2) is 0 Å². The monoisotopic (exact) mass is 214 g/mol. The Morgan fingerprint density at radius 2 is 2.13 bits per heavy atom. The Kier molecular flexibility index (Phi) is 3.55. The first-order valence-corrected chi connectivity index (χ1v) is 5.32. The summed E-state index contributed by atoms with van der Waals surface area (Å²) in [6, 6.07) is -0.150. The van der Waals surface area contributed by atoms with Crippen molar-refractivity contribution in [1.29, 1.82) is 0 Å². The van der Waals surface area contributed by atoms with Crippen molar-refractivity contribution >= 4 is 12.0 Å². The standard InChI is InChI=1S/C10H18N2O3/c1-3-10(4-2,8(13)14)7-12-6-5-11-9(12)15/h3-7H2,1-2H3,(H,11,15)(H,13,14). The van der Waals surface area contributed by atoms with Crippen LogP contribution in [0, 0.1) is 5.41 Å². The van der Waals surface area contributed by atoms with Crippen LogP contribution in [0.4, 0.5) is 4.79 Å². The van der Waals surface area contributed by atoms with Gasteiger partial charge < -0.3 is 15.3 Å². The number of hydrogen-bond donors (Lipinski definition) is 2. The summed E-state index contributed by atoms with van der Waals surface area (Å²) in [4.78, 5) is 24.1. The molecule has 1 aliphatic rings. The maximum absolute atomic E-state index is 11.3. The molecule has 5 nitrogen and oxygen atoms in total. The molecule has 1 rings (SSSR count). The van der Waals surface area contributed by atoms with Crippen molar-refractivity contribution in [2.24, 2.45) is 5.41 Å². The van der Waals surface area contributed by atoms with Crippen molar-refractivity contribution in [3.8, 4) is 0 Å². The van der Waals surface area contributed by atoms with Crippen molar-refractivity contribution in [2.75, 3.05) is 19.6 Å². The van der Waals surface area contributed by atoms with Crippen LogP contribution in [0.2, 0.25) is 0 Å². The molecule has 0 unspecified atom stereocenters. The average molecular weight is 214 g/mol. The van der Waals surface area contributed by atoms with Gasteiger partial charge in [0.25, 0.3) is 0 Å². The second-order valence-electron chi connectivity index (χ2n) is 3.95. The molecule has 5 heteroatoms. The SMILES string of the molecule is CCC(CC)(CN1CCNC1=O)C(=O)O. The lowest BCUT2D eigenvalue weighted by molar-refractivity contribution is -0.150. The molecule has 0 radical (unpaired) electrons. The number of hydrogen-bond acceptors (Lipinski definition) is 2. The molecule has 15 heavy (non-hydrogen) atoms. The van der Waals surface area contributed by atoms with Gasteiger partial charge in [-0.2, -0.15) is 0 Å². The number of rotatable bonds is 5. The number of carbonyl (C=O) groups is 2. The first kappa shape index (κ1) is 11.8. The third-order valence-corrected chi connectivity index (χ3v) is 3.25. The molecule has 0 aromatic rings. The van der Waals surface area contributed by atoms with E-state index in [0.717, 1.165) is 0 Å². The van der Waals surface area contributed by atoms with Crippen LogP contribution in [-0.2, 0) is 4.79 Å². The van der Waals surface area contributed by atoms with Crippen LogP contribution < -0.4 is 5.32 Å². The van der Waals surface area contributed by atoms with Gasteiger partial charge in [0.1, 0.15) is 0 Å². The van der Waals surface area contributed by atoms with E-state index in [4.69, 9.17) is 0 Å². The van der Waals surface area contributed by atoms with Gasteiger partial charge in [-0.05, 0) is 12.8 Å². The first-order valence-electron chi connectivity index (χ1n) is 5.32. The summed E-state index contributed by atoms with van der Waals surface area (Å²) in [6.07, 6.45) is 1.09. The van der Waals surface area contributed by atoms with Gasteiger partial charge >= 0.3 is 12.0 Å². The zero-order chi connectivity index (χ0) is 11.5. The predicted octanol–water partition coefficient (Wildman–Crippen LogP) is 0.903. The fourth-order valence-corrected chi connectivity index (χ4v) is 1.87. The summed E-state index contributed by atoms with van der Waals surface area (Å²) in [7, 11) is 0. The summed E-state index contributed by atoms with van der Waals surface area (Å²) >= 11 is 0. The highest BCUT2D eigenvalue weighted by Crippen LogP contribution is 2.28. The zero-order valence-corrected chi connectivity index (χ0v) is 9.25. The van der Waals surface area contributed by atoms with E-state index in [-0.39, 0.29) is 6.03 Å². The molecule has 0 atom stereocenters. The minimum Gasteiger partial charge on any atom is -0.481 e. The van der Waals surface area contributed by atoms with Crippen molar-refractivity contribution in [2.45, 2.75) is 26.7 Å². The maximum Gasteiger partial charge on any atom is 0.317 e. The number of urea groups is 1. The van der Waals surface area contributed by atoms with Gasteiger partial charge in [-0.25, -0.2) is 4.79 Å². The van der Waals surface area contributed by atoms with Crippen LogP contribution in [0.15, 0.2) is 0 Å². The molecule has 0 saturated carbocycles. The van der Waals surface area contributed by atoms with Crippen LogP contribution in [0.1, 0.15) is 26.7 Å². The average Bonchev–Trinajstić information content (AvgIpc) is 2.60. The Labute approximate surface area is 89.4 Å². The van der Waals surface area contributed by atoms with Crippen LogP contribution >= 0.6 is 0 Å². The molecular weight excluding hydrogens is 196 g/mol. The fraction of sp³-hybridized carbons (Fsp3) is 0.800.